The number of carbonyl (C=O) groups is 2. The van der Waals surface area contributed by atoms with Crippen molar-refractivity contribution in [1.29, 1.82) is 0 Å². The minimum Gasteiger partial charge on any atom is -0.497 e. The first-order valence-electron chi connectivity index (χ1n) is 11.5. The van der Waals surface area contributed by atoms with Crippen LogP contribution in [0.2, 0.25) is 5.02 Å². The first kappa shape index (κ1) is 22.9. The molecular weight excluding hydrogens is 464 g/mol. The molecular formula is C27H25ClN4O3. The molecule has 2 aromatic carbocycles. The van der Waals surface area contributed by atoms with Crippen LogP contribution >= 0.6 is 11.6 Å². The second-order valence-corrected chi connectivity index (χ2v) is 9.06. The lowest BCUT2D eigenvalue weighted by Gasteiger charge is -2.35. The maximum atomic E-state index is 12.7. The summed E-state index contributed by atoms with van der Waals surface area (Å²) in [6.07, 6.45) is 3.29. The van der Waals surface area contributed by atoms with E-state index >= 15 is 0 Å². The van der Waals surface area contributed by atoms with E-state index in [9.17, 15) is 9.59 Å². The lowest BCUT2D eigenvalue weighted by Crippen LogP contribution is -2.51. The molecule has 0 bridgehead atoms. The Labute approximate surface area is 208 Å². The molecule has 4 aromatic rings. The van der Waals surface area contributed by atoms with Crippen LogP contribution in [0, 0.1) is 0 Å². The summed E-state index contributed by atoms with van der Waals surface area (Å²) in [7, 11) is 1.63. The molecule has 1 atom stereocenters. The van der Waals surface area contributed by atoms with Crippen LogP contribution in [0.15, 0.2) is 66.9 Å². The third-order valence-electron chi connectivity index (χ3n) is 6.72. The van der Waals surface area contributed by atoms with Gasteiger partial charge in [0, 0.05) is 23.9 Å². The van der Waals surface area contributed by atoms with Gasteiger partial charge in [-0.3, -0.25) is 19.3 Å². The number of aromatic nitrogens is 2. The Balaban J connectivity index is 1.52. The van der Waals surface area contributed by atoms with Crippen LogP contribution in [-0.2, 0) is 15.0 Å². The van der Waals surface area contributed by atoms with E-state index in [1.165, 1.54) is 0 Å². The number of anilines is 2. The minimum atomic E-state index is -0.697. The molecule has 1 aliphatic rings. The van der Waals surface area contributed by atoms with Crippen molar-refractivity contribution >= 4 is 40.6 Å². The number of hydrogen-bond acceptors (Lipinski definition) is 5. The number of nitrogens with zero attached hydrogens (tertiary/aromatic N) is 2. The SMILES string of the molecule is CC[C@@]1(c2ccc(Nc3c(-c4ccc(OC)cc4)nc4ccc(Cl)cn34)cc2)CCC(=O)NC1=O. The standard InChI is InChI=1S/C27H25ClN4O3/c1-3-27(15-14-23(33)31-26(27)34)18-6-9-20(10-7-18)29-25-24(17-4-11-21(35-2)12-5-17)30-22-13-8-19(28)16-32(22)25/h4-13,16,29H,3,14-15H2,1-2H3,(H,31,33,34)/t27-/m0/s1. The summed E-state index contributed by atoms with van der Waals surface area (Å²) < 4.78 is 7.21. The lowest BCUT2D eigenvalue weighted by molar-refractivity contribution is -0.138. The molecule has 0 spiro atoms. The molecule has 7 nitrogen and oxygen atoms in total. The van der Waals surface area contributed by atoms with Gasteiger partial charge >= 0.3 is 0 Å². The average Bonchev–Trinajstić information content (AvgIpc) is 3.22. The van der Waals surface area contributed by atoms with Gasteiger partial charge in [-0.2, -0.15) is 0 Å². The Morgan fingerprint density at radius 2 is 1.83 bits per heavy atom. The third kappa shape index (κ3) is 4.12. The number of imide groups is 1. The molecule has 1 fully saturated rings. The fourth-order valence-electron chi connectivity index (χ4n) is 4.66. The third-order valence-corrected chi connectivity index (χ3v) is 6.94. The number of hydrogen-bond donors (Lipinski definition) is 2. The smallest absolute Gasteiger partial charge is 0.237 e. The van der Waals surface area contributed by atoms with Crippen LogP contribution in [0.3, 0.4) is 0 Å². The van der Waals surface area contributed by atoms with Crippen molar-refractivity contribution in [3.63, 3.8) is 0 Å². The number of nitrogens with one attached hydrogen (secondary N) is 2. The van der Waals surface area contributed by atoms with E-state index < -0.39 is 5.41 Å². The van der Waals surface area contributed by atoms with Crippen molar-refractivity contribution in [3.05, 3.63) is 77.4 Å². The lowest BCUT2D eigenvalue weighted by atomic mass is 9.72. The van der Waals surface area contributed by atoms with E-state index in [1.807, 2.05) is 78.2 Å². The van der Waals surface area contributed by atoms with Gasteiger partial charge < -0.3 is 10.1 Å². The van der Waals surface area contributed by atoms with Crippen molar-refractivity contribution in [2.45, 2.75) is 31.6 Å². The Morgan fingerprint density at radius 3 is 2.49 bits per heavy atom. The van der Waals surface area contributed by atoms with Crippen LogP contribution in [0.4, 0.5) is 11.5 Å². The molecule has 2 N–H and O–H groups in total. The summed E-state index contributed by atoms with van der Waals surface area (Å²) in [4.78, 5) is 29.3. The van der Waals surface area contributed by atoms with E-state index in [4.69, 9.17) is 21.3 Å². The highest BCUT2D eigenvalue weighted by molar-refractivity contribution is 6.30. The summed E-state index contributed by atoms with van der Waals surface area (Å²) >= 11 is 6.30. The molecule has 0 saturated carbocycles. The molecule has 0 radical (unpaired) electrons. The van der Waals surface area contributed by atoms with Gasteiger partial charge in [0.1, 0.15) is 22.9 Å². The number of benzene rings is 2. The monoisotopic (exact) mass is 488 g/mol. The topological polar surface area (TPSA) is 84.7 Å². The number of amides is 2. The Hall–Kier alpha value is -3.84. The Kier molecular flexibility index (Phi) is 5.94. The van der Waals surface area contributed by atoms with Crippen molar-refractivity contribution in [3.8, 4) is 17.0 Å². The van der Waals surface area contributed by atoms with Crippen LogP contribution in [0.25, 0.3) is 16.9 Å². The van der Waals surface area contributed by atoms with Gasteiger partial charge in [-0.05, 0) is 66.9 Å². The number of fused-ring (bicyclic) bond motifs is 1. The summed E-state index contributed by atoms with van der Waals surface area (Å²) in [5.74, 6) is 1.10. The van der Waals surface area contributed by atoms with Crippen LogP contribution in [-0.4, -0.2) is 28.3 Å². The van der Waals surface area contributed by atoms with Crippen molar-refractivity contribution < 1.29 is 14.3 Å². The van der Waals surface area contributed by atoms with Crippen molar-refractivity contribution in [2.75, 3.05) is 12.4 Å². The van der Waals surface area contributed by atoms with E-state index in [0.717, 1.165) is 39.7 Å². The average molecular weight is 489 g/mol. The predicted molar refractivity (Wildman–Crippen MR) is 136 cm³/mol. The summed E-state index contributed by atoms with van der Waals surface area (Å²) in [5.41, 5.74) is 3.49. The zero-order valence-corrected chi connectivity index (χ0v) is 20.2. The van der Waals surface area contributed by atoms with Gasteiger partial charge in [0.15, 0.2) is 0 Å². The number of pyridine rings is 1. The molecule has 1 saturated heterocycles. The fourth-order valence-corrected chi connectivity index (χ4v) is 4.82. The highest BCUT2D eigenvalue weighted by atomic mass is 35.5. The van der Waals surface area contributed by atoms with Crippen molar-refractivity contribution in [2.24, 2.45) is 0 Å². The molecule has 0 unspecified atom stereocenters. The second kappa shape index (κ2) is 9.07. The molecule has 3 heterocycles. The van der Waals surface area contributed by atoms with Gasteiger partial charge in [0.2, 0.25) is 11.8 Å². The summed E-state index contributed by atoms with van der Waals surface area (Å²) in [6, 6.07) is 19.2. The van der Waals surface area contributed by atoms with E-state index in [-0.39, 0.29) is 11.8 Å². The fraction of sp³-hybridized carbons (Fsp3) is 0.222. The molecule has 5 rings (SSSR count). The number of piperidine rings is 1. The maximum Gasteiger partial charge on any atom is 0.237 e. The molecule has 2 amide bonds. The van der Waals surface area contributed by atoms with Gasteiger partial charge in [-0.25, -0.2) is 4.98 Å². The molecule has 178 valence electrons. The molecule has 1 aliphatic heterocycles. The molecule has 0 aliphatic carbocycles. The Bertz CT molecular complexity index is 1410. The van der Waals surface area contributed by atoms with Gasteiger partial charge in [-0.15, -0.1) is 0 Å². The number of methoxy groups -OCH3 is 1. The number of imidazole rings is 1. The first-order valence-corrected chi connectivity index (χ1v) is 11.9. The summed E-state index contributed by atoms with van der Waals surface area (Å²) in [5, 5.41) is 6.58. The van der Waals surface area contributed by atoms with Gasteiger partial charge in [0.05, 0.1) is 17.5 Å². The maximum absolute atomic E-state index is 12.7. The predicted octanol–water partition coefficient (Wildman–Crippen LogP) is 5.49. The normalized spacial score (nSPS) is 17.9. The van der Waals surface area contributed by atoms with Crippen molar-refractivity contribution in [1.82, 2.24) is 14.7 Å². The molecule has 8 heteroatoms. The molecule has 2 aromatic heterocycles. The number of rotatable bonds is 6. The highest BCUT2D eigenvalue weighted by Gasteiger charge is 2.42. The zero-order chi connectivity index (χ0) is 24.6. The number of halogens is 1. The van der Waals surface area contributed by atoms with Crippen LogP contribution < -0.4 is 15.4 Å². The van der Waals surface area contributed by atoms with E-state index in [0.29, 0.717) is 24.3 Å². The number of ether oxygens (including phenoxy) is 1. The van der Waals surface area contributed by atoms with Gasteiger partial charge in [0.25, 0.3) is 0 Å². The minimum absolute atomic E-state index is 0.213. The Morgan fingerprint density at radius 1 is 1.09 bits per heavy atom. The van der Waals surface area contributed by atoms with Gasteiger partial charge in [-0.1, -0.05) is 30.7 Å². The number of carbonyl (C=O) groups excluding carboxylic acids is 2. The van der Waals surface area contributed by atoms with E-state index in [1.54, 1.807) is 7.11 Å². The van der Waals surface area contributed by atoms with Crippen LogP contribution in [0.1, 0.15) is 31.7 Å². The second-order valence-electron chi connectivity index (χ2n) is 8.63. The quantitative estimate of drug-likeness (QED) is 0.350. The summed E-state index contributed by atoms with van der Waals surface area (Å²) in [6.45, 7) is 1.98. The largest absolute Gasteiger partial charge is 0.497 e. The van der Waals surface area contributed by atoms with Crippen LogP contribution in [0.5, 0.6) is 5.75 Å². The van der Waals surface area contributed by atoms with E-state index in [2.05, 4.69) is 10.6 Å². The highest BCUT2D eigenvalue weighted by Crippen LogP contribution is 2.37. The zero-order valence-electron chi connectivity index (χ0n) is 19.5. The first-order chi connectivity index (χ1) is 16.9. The molecule has 35 heavy (non-hydrogen) atoms.